The van der Waals surface area contributed by atoms with Crippen molar-refractivity contribution in [2.45, 2.75) is 13.0 Å². The summed E-state index contributed by atoms with van der Waals surface area (Å²) in [6.07, 6.45) is 0.0501. The first-order valence-electron chi connectivity index (χ1n) is 8.43. The van der Waals surface area contributed by atoms with Crippen molar-refractivity contribution in [2.75, 3.05) is 25.0 Å². The zero-order valence-corrected chi connectivity index (χ0v) is 15.1. The number of hydrogen-bond acceptors (Lipinski definition) is 5. The number of hydrogen-bond donors (Lipinski definition) is 1. The van der Waals surface area contributed by atoms with E-state index in [1.165, 1.54) is 11.0 Å². The maximum Gasteiger partial charge on any atom is 0.273 e. The van der Waals surface area contributed by atoms with Crippen LogP contribution in [0.25, 0.3) is 0 Å². The number of nitrogens with zero attached hydrogens (tertiary/aromatic N) is 3. The molecule has 0 saturated carbocycles. The maximum absolute atomic E-state index is 12.8. The highest BCUT2D eigenvalue weighted by atomic mass is 16.6. The lowest BCUT2D eigenvalue weighted by molar-refractivity contribution is -0.385. The minimum absolute atomic E-state index is 0.0189. The van der Waals surface area contributed by atoms with Gasteiger partial charge in [0.15, 0.2) is 0 Å². The normalized spacial score (nSPS) is 10.6. The Balaban J connectivity index is 2.10. The molecule has 0 radical (unpaired) electrons. The summed E-state index contributed by atoms with van der Waals surface area (Å²) in [7, 11) is 1.71. The summed E-state index contributed by atoms with van der Waals surface area (Å²) >= 11 is 0. The molecule has 2 aromatic carbocycles. The SMILES string of the molecule is CN(CC(=O)N(CCC(N)=O)c1ccccc1)Cc1ccccc1[N+](=O)[O-]. The van der Waals surface area contributed by atoms with Crippen LogP contribution in [0.1, 0.15) is 12.0 Å². The van der Waals surface area contributed by atoms with E-state index < -0.39 is 10.8 Å². The number of amides is 2. The molecule has 0 fully saturated rings. The Bertz CT molecular complexity index is 810. The number of anilines is 1. The van der Waals surface area contributed by atoms with Crippen LogP contribution in [0.2, 0.25) is 0 Å². The average Bonchev–Trinajstić information content (AvgIpc) is 2.62. The topological polar surface area (TPSA) is 110 Å². The van der Waals surface area contributed by atoms with Crippen molar-refractivity contribution in [1.82, 2.24) is 4.90 Å². The van der Waals surface area contributed by atoms with Gasteiger partial charge in [0.1, 0.15) is 0 Å². The van der Waals surface area contributed by atoms with Gasteiger partial charge in [-0.05, 0) is 19.2 Å². The first kappa shape index (κ1) is 20.1. The summed E-state index contributed by atoms with van der Waals surface area (Å²) in [6, 6.07) is 15.4. The minimum Gasteiger partial charge on any atom is -0.370 e. The van der Waals surface area contributed by atoms with Gasteiger partial charge in [-0.1, -0.05) is 36.4 Å². The zero-order chi connectivity index (χ0) is 19.8. The molecule has 0 aromatic heterocycles. The number of carbonyl (C=O) groups excluding carboxylic acids is 2. The van der Waals surface area contributed by atoms with Crippen LogP contribution in [-0.4, -0.2) is 41.8 Å². The van der Waals surface area contributed by atoms with Gasteiger partial charge in [0.05, 0.1) is 11.5 Å². The molecule has 0 spiro atoms. The van der Waals surface area contributed by atoms with Gasteiger partial charge in [-0.3, -0.25) is 24.6 Å². The standard InChI is InChI=1S/C19H22N4O4/c1-21(13-15-7-5-6-10-17(15)23(26)27)14-19(25)22(12-11-18(20)24)16-8-3-2-4-9-16/h2-10H,11-14H2,1H3,(H2,20,24). The predicted octanol–water partition coefficient (Wildman–Crippen LogP) is 1.94. The van der Waals surface area contributed by atoms with E-state index in [4.69, 9.17) is 5.73 Å². The molecule has 8 nitrogen and oxygen atoms in total. The number of nitro groups is 1. The van der Waals surface area contributed by atoms with E-state index in [1.54, 1.807) is 54.4 Å². The van der Waals surface area contributed by atoms with Crippen molar-refractivity contribution >= 4 is 23.2 Å². The second-order valence-corrected chi connectivity index (χ2v) is 6.16. The number of primary amides is 1. The molecule has 0 aliphatic rings. The smallest absolute Gasteiger partial charge is 0.273 e. The fourth-order valence-corrected chi connectivity index (χ4v) is 2.71. The van der Waals surface area contributed by atoms with Gasteiger partial charge in [-0.2, -0.15) is 0 Å². The lowest BCUT2D eigenvalue weighted by Gasteiger charge is -2.25. The van der Waals surface area contributed by atoms with E-state index in [9.17, 15) is 19.7 Å². The van der Waals surface area contributed by atoms with E-state index >= 15 is 0 Å². The highest BCUT2D eigenvalue weighted by Gasteiger charge is 2.20. The predicted molar refractivity (Wildman–Crippen MR) is 102 cm³/mol. The first-order chi connectivity index (χ1) is 12.9. The molecule has 2 N–H and O–H groups in total. The fraction of sp³-hybridized carbons (Fsp3) is 0.263. The number of likely N-dealkylation sites (N-methyl/N-ethyl adjacent to an activating group) is 1. The van der Waals surface area contributed by atoms with Gasteiger partial charge in [-0.15, -0.1) is 0 Å². The molecule has 0 saturated heterocycles. The second-order valence-electron chi connectivity index (χ2n) is 6.16. The Morgan fingerprint density at radius 3 is 2.33 bits per heavy atom. The summed E-state index contributed by atoms with van der Waals surface area (Å²) in [4.78, 5) is 37.8. The summed E-state index contributed by atoms with van der Waals surface area (Å²) in [6.45, 7) is 0.471. The van der Waals surface area contributed by atoms with Crippen molar-refractivity contribution < 1.29 is 14.5 Å². The third kappa shape index (κ3) is 5.89. The van der Waals surface area contributed by atoms with Crippen LogP contribution >= 0.6 is 0 Å². The van der Waals surface area contributed by atoms with Crippen molar-refractivity contribution in [3.8, 4) is 0 Å². The molecule has 0 aliphatic carbocycles. The number of nitro benzene ring substituents is 1. The molecular weight excluding hydrogens is 348 g/mol. The van der Waals surface area contributed by atoms with Crippen LogP contribution in [0.4, 0.5) is 11.4 Å². The highest BCUT2D eigenvalue weighted by Crippen LogP contribution is 2.19. The number of nitrogens with two attached hydrogens (primary N) is 1. The molecule has 0 aliphatic heterocycles. The third-order valence-electron chi connectivity index (χ3n) is 3.98. The Morgan fingerprint density at radius 2 is 1.70 bits per heavy atom. The molecule has 2 aromatic rings. The summed E-state index contributed by atoms with van der Waals surface area (Å²) in [5, 5.41) is 11.1. The molecule has 2 amide bonds. The zero-order valence-electron chi connectivity index (χ0n) is 15.1. The van der Waals surface area contributed by atoms with Gasteiger partial charge < -0.3 is 10.6 Å². The minimum atomic E-state index is -0.489. The van der Waals surface area contributed by atoms with E-state index in [0.717, 1.165) is 0 Å². The Hall–Kier alpha value is -3.26. The molecule has 0 unspecified atom stereocenters. The molecule has 8 heteroatoms. The number of para-hydroxylation sites is 2. The first-order valence-corrected chi connectivity index (χ1v) is 8.43. The van der Waals surface area contributed by atoms with Crippen molar-refractivity contribution in [1.29, 1.82) is 0 Å². The van der Waals surface area contributed by atoms with Crippen molar-refractivity contribution in [2.24, 2.45) is 5.73 Å². The lowest BCUT2D eigenvalue weighted by Crippen LogP contribution is -2.40. The monoisotopic (exact) mass is 370 g/mol. The van der Waals surface area contributed by atoms with Gasteiger partial charge >= 0.3 is 0 Å². The molecular formula is C19H22N4O4. The van der Waals surface area contributed by atoms with Gasteiger partial charge in [-0.25, -0.2) is 0 Å². The largest absolute Gasteiger partial charge is 0.370 e. The van der Waals surface area contributed by atoms with Crippen LogP contribution in [0, 0.1) is 10.1 Å². The Morgan fingerprint density at radius 1 is 1.07 bits per heavy atom. The van der Waals surface area contributed by atoms with Crippen LogP contribution in [0.5, 0.6) is 0 Å². The fourth-order valence-electron chi connectivity index (χ4n) is 2.71. The van der Waals surface area contributed by atoms with Crippen LogP contribution in [0.3, 0.4) is 0 Å². The summed E-state index contributed by atoms with van der Waals surface area (Å²) < 4.78 is 0. The molecule has 0 atom stereocenters. The van der Waals surface area contributed by atoms with Crippen LogP contribution in [0.15, 0.2) is 54.6 Å². The van der Waals surface area contributed by atoms with Gasteiger partial charge in [0, 0.05) is 36.8 Å². The number of rotatable bonds is 9. The molecule has 27 heavy (non-hydrogen) atoms. The maximum atomic E-state index is 12.8. The Kier molecular flexibility index (Phi) is 7.01. The number of benzene rings is 2. The van der Waals surface area contributed by atoms with E-state index in [0.29, 0.717) is 11.3 Å². The van der Waals surface area contributed by atoms with Gasteiger partial charge in [0.25, 0.3) is 5.69 Å². The Labute approximate surface area is 157 Å². The van der Waals surface area contributed by atoms with Crippen molar-refractivity contribution in [3.63, 3.8) is 0 Å². The van der Waals surface area contributed by atoms with E-state index in [-0.39, 0.29) is 37.6 Å². The second kappa shape index (κ2) is 9.44. The van der Waals surface area contributed by atoms with Crippen molar-refractivity contribution in [3.05, 3.63) is 70.3 Å². The average molecular weight is 370 g/mol. The summed E-state index contributed by atoms with van der Waals surface area (Å²) in [5.41, 5.74) is 6.43. The highest BCUT2D eigenvalue weighted by molar-refractivity contribution is 5.95. The number of carbonyl (C=O) groups is 2. The lowest BCUT2D eigenvalue weighted by atomic mass is 10.1. The van der Waals surface area contributed by atoms with Crippen LogP contribution in [-0.2, 0) is 16.1 Å². The van der Waals surface area contributed by atoms with E-state index in [2.05, 4.69) is 0 Å². The molecule has 2 rings (SSSR count). The quantitative estimate of drug-likeness (QED) is 0.536. The summed E-state index contributed by atoms with van der Waals surface area (Å²) in [5.74, 6) is -0.708. The molecule has 0 heterocycles. The van der Waals surface area contributed by atoms with Gasteiger partial charge in [0.2, 0.25) is 11.8 Å². The third-order valence-corrected chi connectivity index (χ3v) is 3.98. The molecule has 0 bridgehead atoms. The molecule has 142 valence electrons. The van der Waals surface area contributed by atoms with E-state index in [1.807, 2.05) is 6.07 Å². The van der Waals surface area contributed by atoms with Crippen LogP contribution < -0.4 is 10.6 Å².